The third-order valence-electron chi connectivity index (χ3n) is 15.0. The van der Waals surface area contributed by atoms with Gasteiger partial charge >= 0.3 is 0 Å². The van der Waals surface area contributed by atoms with Gasteiger partial charge in [0.25, 0.3) is 0 Å². The lowest BCUT2D eigenvalue weighted by molar-refractivity contribution is 0.444. The standard InChI is InChI=1S/C54H46B2N2/c1-5-15-35(16-6-1)37-27-29-45-43(31-37)41-23-13-25-49-53(41)55(45)47-33-52-48(34-51(47)57(49)39-19-9-3-10-20-39)56-46-30-28-38(36-17-7-2-8-18-36)32-44(46)42-24-14-26-50(54(42)56)58(52)40-21-11-4-12-22-40/h3-4,9-14,19-36H,1-2,5-8,15-18H2. The van der Waals surface area contributed by atoms with Gasteiger partial charge in [-0.15, -0.1) is 0 Å². The maximum atomic E-state index is 2.62. The van der Waals surface area contributed by atoms with Crippen LogP contribution in [0.1, 0.15) is 87.2 Å². The monoisotopic (exact) mass is 744 g/mol. The van der Waals surface area contributed by atoms with Gasteiger partial charge in [-0.3, -0.25) is 0 Å². The lowest BCUT2D eigenvalue weighted by atomic mass is 9.34. The summed E-state index contributed by atoms with van der Waals surface area (Å²) < 4.78 is 0. The van der Waals surface area contributed by atoms with Gasteiger partial charge in [0.2, 0.25) is 13.4 Å². The molecule has 7 aromatic rings. The maximum Gasteiger partial charge on any atom is 0.248 e. The molecule has 4 aliphatic heterocycles. The third kappa shape index (κ3) is 4.75. The van der Waals surface area contributed by atoms with E-state index >= 15 is 0 Å². The summed E-state index contributed by atoms with van der Waals surface area (Å²) in [6.45, 7) is 0.335. The topological polar surface area (TPSA) is 6.48 Å². The van der Waals surface area contributed by atoms with Gasteiger partial charge in [-0.2, -0.15) is 0 Å². The molecule has 0 bridgehead atoms. The molecule has 58 heavy (non-hydrogen) atoms. The van der Waals surface area contributed by atoms with Crippen molar-refractivity contribution < 1.29 is 0 Å². The number of hydrogen-bond donors (Lipinski definition) is 0. The Bertz CT molecular complexity index is 2590. The Balaban J connectivity index is 1.07. The van der Waals surface area contributed by atoms with Crippen molar-refractivity contribution >= 4 is 80.3 Å². The fourth-order valence-electron chi connectivity index (χ4n) is 12.5. The second kappa shape index (κ2) is 12.9. The minimum atomic E-state index is 0.168. The molecular weight excluding hydrogens is 698 g/mol. The number of fused-ring (bicyclic) bond motifs is 10. The molecule has 7 aromatic carbocycles. The van der Waals surface area contributed by atoms with E-state index in [-0.39, 0.29) is 13.4 Å². The predicted octanol–water partition coefficient (Wildman–Crippen LogP) is 10.3. The minimum absolute atomic E-state index is 0.168. The van der Waals surface area contributed by atoms with Crippen molar-refractivity contribution in [3.05, 3.63) is 157 Å². The Kier molecular flexibility index (Phi) is 7.39. The highest BCUT2D eigenvalue weighted by molar-refractivity contribution is 7.03. The second-order valence-electron chi connectivity index (χ2n) is 18.0. The highest BCUT2D eigenvalue weighted by atomic mass is 15.2. The van der Waals surface area contributed by atoms with Crippen LogP contribution in [0, 0.1) is 0 Å². The molecule has 0 spiro atoms. The van der Waals surface area contributed by atoms with E-state index in [1.54, 1.807) is 0 Å². The van der Waals surface area contributed by atoms with Crippen molar-refractivity contribution in [2.75, 3.05) is 9.80 Å². The van der Waals surface area contributed by atoms with E-state index in [2.05, 4.69) is 155 Å². The van der Waals surface area contributed by atoms with Crippen LogP contribution in [-0.4, -0.2) is 13.4 Å². The van der Waals surface area contributed by atoms with Gasteiger partial charge in [0.1, 0.15) is 0 Å². The molecule has 278 valence electrons. The zero-order chi connectivity index (χ0) is 37.9. The van der Waals surface area contributed by atoms with Crippen LogP contribution in [0.5, 0.6) is 0 Å². The van der Waals surface area contributed by atoms with E-state index in [9.17, 15) is 0 Å². The van der Waals surface area contributed by atoms with E-state index in [0.29, 0.717) is 11.8 Å². The largest absolute Gasteiger partial charge is 0.312 e. The number of benzene rings is 7. The van der Waals surface area contributed by atoms with Gasteiger partial charge in [-0.1, -0.05) is 147 Å². The predicted molar refractivity (Wildman–Crippen MR) is 248 cm³/mol. The van der Waals surface area contributed by atoms with Gasteiger partial charge in [0.05, 0.1) is 0 Å². The molecule has 2 aliphatic carbocycles. The molecular formula is C54H46B2N2. The zero-order valence-electron chi connectivity index (χ0n) is 33.1. The maximum absolute atomic E-state index is 2.62. The van der Waals surface area contributed by atoms with Crippen molar-refractivity contribution in [2.45, 2.75) is 76.0 Å². The summed E-state index contributed by atoms with van der Waals surface area (Å²) in [7, 11) is 0. The highest BCUT2D eigenvalue weighted by Crippen LogP contribution is 2.46. The molecule has 0 radical (unpaired) electrons. The summed E-state index contributed by atoms with van der Waals surface area (Å²) in [6.07, 6.45) is 13.4. The van der Waals surface area contributed by atoms with Gasteiger partial charge in [-0.05, 0) is 141 Å². The Hall–Kier alpha value is -5.73. The zero-order valence-corrected chi connectivity index (χ0v) is 33.1. The van der Waals surface area contributed by atoms with Crippen molar-refractivity contribution in [1.82, 2.24) is 0 Å². The van der Waals surface area contributed by atoms with E-state index < -0.39 is 0 Å². The third-order valence-corrected chi connectivity index (χ3v) is 15.0. The fraction of sp³-hybridized carbons (Fsp3) is 0.222. The van der Waals surface area contributed by atoms with Gasteiger partial charge in [-0.25, -0.2) is 0 Å². The number of para-hydroxylation sites is 2. The molecule has 2 fully saturated rings. The molecule has 0 atom stereocenters. The lowest BCUT2D eigenvalue weighted by Crippen LogP contribution is -2.58. The first-order valence-corrected chi connectivity index (χ1v) is 22.2. The quantitative estimate of drug-likeness (QED) is 0.166. The van der Waals surface area contributed by atoms with Crippen molar-refractivity contribution in [1.29, 1.82) is 0 Å². The molecule has 0 saturated heterocycles. The first-order valence-electron chi connectivity index (χ1n) is 22.2. The Morgan fingerprint density at radius 3 is 1.21 bits per heavy atom. The van der Waals surface area contributed by atoms with Crippen LogP contribution in [0.3, 0.4) is 0 Å². The van der Waals surface area contributed by atoms with Crippen LogP contribution in [0.4, 0.5) is 34.1 Å². The molecule has 0 aromatic heterocycles. The van der Waals surface area contributed by atoms with Gasteiger partial charge in [0, 0.05) is 34.1 Å². The van der Waals surface area contributed by atoms with Crippen LogP contribution < -0.4 is 42.6 Å². The van der Waals surface area contributed by atoms with Gasteiger partial charge < -0.3 is 9.80 Å². The molecule has 4 heteroatoms. The van der Waals surface area contributed by atoms with Gasteiger partial charge in [0.15, 0.2) is 0 Å². The normalized spacial score (nSPS) is 17.4. The first-order chi connectivity index (χ1) is 28.8. The average Bonchev–Trinajstić information content (AvgIpc) is 3.81. The summed E-state index contributed by atoms with van der Waals surface area (Å²) in [6, 6.07) is 56.9. The van der Waals surface area contributed by atoms with E-state index in [0.717, 1.165) is 0 Å². The summed E-state index contributed by atoms with van der Waals surface area (Å²) in [5.41, 5.74) is 25.1. The van der Waals surface area contributed by atoms with Crippen LogP contribution >= 0.6 is 0 Å². The van der Waals surface area contributed by atoms with Crippen molar-refractivity contribution in [3.8, 4) is 22.3 Å². The smallest absolute Gasteiger partial charge is 0.248 e. The Morgan fingerprint density at radius 2 is 0.776 bits per heavy atom. The van der Waals surface area contributed by atoms with Crippen molar-refractivity contribution in [3.63, 3.8) is 0 Å². The number of anilines is 6. The molecule has 0 unspecified atom stereocenters. The minimum Gasteiger partial charge on any atom is -0.312 e. The van der Waals surface area contributed by atoms with E-state index in [1.807, 2.05) is 0 Å². The molecule has 13 rings (SSSR count). The Labute approximate surface area is 343 Å². The number of rotatable bonds is 4. The van der Waals surface area contributed by atoms with Crippen LogP contribution in [0.25, 0.3) is 22.3 Å². The summed E-state index contributed by atoms with van der Waals surface area (Å²) >= 11 is 0. The molecule has 0 amide bonds. The summed E-state index contributed by atoms with van der Waals surface area (Å²) in [5, 5.41) is 0. The second-order valence-corrected chi connectivity index (χ2v) is 18.0. The van der Waals surface area contributed by atoms with Crippen LogP contribution in [-0.2, 0) is 0 Å². The van der Waals surface area contributed by atoms with Crippen LogP contribution in [0.15, 0.2) is 146 Å². The summed E-state index contributed by atoms with van der Waals surface area (Å²) in [4.78, 5) is 5.18. The highest BCUT2D eigenvalue weighted by Gasteiger charge is 2.47. The Morgan fingerprint density at radius 1 is 0.345 bits per heavy atom. The van der Waals surface area contributed by atoms with E-state index in [4.69, 9.17) is 0 Å². The first kappa shape index (κ1) is 33.3. The fourth-order valence-corrected chi connectivity index (χ4v) is 12.5. The molecule has 6 aliphatic rings. The molecule has 2 nitrogen and oxygen atoms in total. The number of nitrogens with zero attached hydrogens (tertiary/aromatic N) is 2. The summed E-state index contributed by atoms with van der Waals surface area (Å²) in [5.74, 6) is 1.35. The van der Waals surface area contributed by atoms with E-state index in [1.165, 1.54) is 164 Å². The van der Waals surface area contributed by atoms with Crippen LogP contribution in [0.2, 0.25) is 0 Å². The molecule has 4 heterocycles. The molecule has 2 saturated carbocycles. The lowest BCUT2D eigenvalue weighted by Gasteiger charge is -2.41. The average molecular weight is 745 g/mol. The molecule has 0 N–H and O–H groups in total. The SMILES string of the molecule is c1ccc(N2c3cc4c(cc3B3c5ccc(C6CCCCC6)cc5-c5cccc2c53)N(c2ccccc2)c2cccc3c2B4c2ccc(C4CCCCC4)cc2-3)cc1. The van der Waals surface area contributed by atoms with Crippen molar-refractivity contribution in [2.24, 2.45) is 0 Å². The number of hydrogen-bond acceptors (Lipinski definition) is 2.